The first-order chi connectivity index (χ1) is 7.61. The Bertz CT molecular complexity index is 330. The molecule has 0 atom stereocenters. The van der Waals surface area contributed by atoms with Crippen LogP contribution in [0.15, 0.2) is 28.7 Å². The lowest BCUT2D eigenvalue weighted by molar-refractivity contribution is 0.309. The second kappa shape index (κ2) is 6.51. The lowest BCUT2D eigenvalue weighted by Gasteiger charge is -2.14. The summed E-state index contributed by atoms with van der Waals surface area (Å²) in [7, 11) is 2.07. The summed E-state index contributed by atoms with van der Waals surface area (Å²) < 4.78 is 5.70. The smallest absolute Gasteiger partial charge is 0.118 e. The monoisotopic (exact) mass is 222 g/mol. The van der Waals surface area contributed by atoms with Gasteiger partial charge < -0.3 is 9.73 Å². The fraction of sp³-hybridized carbons (Fsp3) is 0.538. The van der Waals surface area contributed by atoms with Gasteiger partial charge in [0.2, 0.25) is 0 Å². The van der Waals surface area contributed by atoms with E-state index < -0.39 is 0 Å². The third-order valence-electron chi connectivity index (χ3n) is 2.23. The second-order valence-corrected chi connectivity index (χ2v) is 4.28. The summed E-state index contributed by atoms with van der Waals surface area (Å²) in [6.07, 6.45) is 0. The molecule has 1 aromatic heterocycles. The highest BCUT2D eigenvalue weighted by Gasteiger charge is 2.05. The molecule has 0 fully saturated rings. The van der Waals surface area contributed by atoms with E-state index in [1.54, 1.807) is 0 Å². The molecule has 16 heavy (non-hydrogen) atoms. The molecule has 0 amide bonds. The highest BCUT2D eigenvalue weighted by molar-refractivity contribution is 5.07. The molecule has 1 N–H and O–H groups in total. The summed E-state index contributed by atoms with van der Waals surface area (Å²) in [5, 5.41) is 3.24. The van der Waals surface area contributed by atoms with E-state index in [9.17, 15) is 0 Å². The van der Waals surface area contributed by atoms with E-state index in [1.807, 2.05) is 19.1 Å². The fourth-order valence-corrected chi connectivity index (χ4v) is 1.63. The standard InChI is InChI=1S/C13H22N2O/c1-5-14-8-12-6-7-13(16-12)10-15(4)9-11(2)3/h6-7,14H,2,5,8-10H2,1,3-4H3. The lowest BCUT2D eigenvalue weighted by atomic mass is 10.3. The Kier molecular flexibility index (Phi) is 5.29. The first-order valence-electron chi connectivity index (χ1n) is 5.73. The van der Waals surface area contributed by atoms with Crippen LogP contribution in [0.5, 0.6) is 0 Å². The lowest BCUT2D eigenvalue weighted by Crippen LogP contribution is -2.19. The van der Waals surface area contributed by atoms with Crippen molar-refractivity contribution >= 4 is 0 Å². The highest BCUT2D eigenvalue weighted by atomic mass is 16.3. The minimum absolute atomic E-state index is 0.806. The average Bonchev–Trinajstić information content (AvgIpc) is 2.61. The van der Waals surface area contributed by atoms with E-state index in [4.69, 9.17) is 4.42 Å². The highest BCUT2D eigenvalue weighted by Crippen LogP contribution is 2.10. The molecule has 0 spiro atoms. The van der Waals surface area contributed by atoms with Gasteiger partial charge in [-0.2, -0.15) is 0 Å². The summed E-state index contributed by atoms with van der Waals surface area (Å²) in [6, 6.07) is 4.08. The maximum absolute atomic E-state index is 5.70. The van der Waals surface area contributed by atoms with Gasteiger partial charge in [-0.3, -0.25) is 4.90 Å². The first-order valence-corrected chi connectivity index (χ1v) is 5.73. The quantitative estimate of drug-likeness (QED) is 0.718. The molecule has 0 radical (unpaired) electrons. The molecule has 0 aliphatic carbocycles. The number of hydrogen-bond acceptors (Lipinski definition) is 3. The van der Waals surface area contributed by atoms with Crippen molar-refractivity contribution in [1.82, 2.24) is 10.2 Å². The summed E-state index contributed by atoms with van der Waals surface area (Å²) in [4.78, 5) is 2.19. The molecule has 0 aliphatic heterocycles. The van der Waals surface area contributed by atoms with Crippen LogP contribution in [0.2, 0.25) is 0 Å². The average molecular weight is 222 g/mol. The molecule has 3 nitrogen and oxygen atoms in total. The fourth-order valence-electron chi connectivity index (χ4n) is 1.63. The van der Waals surface area contributed by atoms with Gasteiger partial charge in [-0.15, -0.1) is 0 Å². The number of nitrogens with zero attached hydrogens (tertiary/aromatic N) is 1. The first kappa shape index (κ1) is 13.0. The number of likely N-dealkylation sites (N-methyl/N-ethyl adjacent to an activating group) is 1. The van der Waals surface area contributed by atoms with Crippen LogP contribution in [0.4, 0.5) is 0 Å². The van der Waals surface area contributed by atoms with Crippen molar-refractivity contribution in [2.45, 2.75) is 26.9 Å². The van der Waals surface area contributed by atoms with Crippen LogP contribution >= 0.6 is 0 Å². The van der Waals surface area contributed by atoms with E-state index in [0.29, 0.717) is 0 Å². The van der Waals surface area contributed by atoms with E-state index in [-0.39, 0.29) is 0 Å². The molecule has 0 saturated carbocycles. The van der Waals surface area contributed by atoms with Crippen molar-refractivity contribution in [3.05, 3.63) is 35.8 Å². The van der Waals surface area contributed by atoms with Crippen molar-refractivity contribution in [2.75, 3.05) is 20.1 Å². The van der Waals surface area contributed by atoms with Crippen LogP contribution in [0.1, 0.15) is 25.4 Å². The van der Waals surface area contributed by atoms with E-state index >= 15 is 0 Å². The number of rotatable bonds is 7. The van der Waals surface area contributed by atoms with Crippen LogP contribution in [0.25, 0.3) is 0 Å². The third-order valence-corrected chi connectivity index (χ3v) is 2.23. The SMILES string of the molecule is C=C(C)CN(C)Cc1ccc(CNCC)o1. The van der Waals surface area contributed by atoms with Crippen molar-refractivity contribution in [1.29, 1.82) is 0 Å². The molecule has 1 heterocycles. The summed E-state index contributed by atoms with van der Waals surface area (Å²) in [5.41, 5.74) is 1.17. The van der Waals surface area contributed by atoms with Gasteiger partial charge in [0.1, 0.15) is 11.5 Å². The third kappa shape index (κ3) is 4.64. The molecule has 0 bridgehead atoms. The van der Waals surface area contributed by atoms with Crippen LogP contribution in [0.3, 0.4) is 0 Å². The van der Waals surface area contributed by atoms with Crippen LogP contribution in [0, 0.1) is 0 Å². The second-order valence-electron chi connectivity index (χ2n) is 4.28. The van der Waals surface area contributed by atoms with Gasteiger partial charge in [0, 0.05) is 6.54 Å². The molecule has 0 aromatic carbocycles. The Labute approximate surface area is 98.1 Å². The Hall–Kier alpha value is -1.06. The maximum atomic E-state index is 5.70. The Morgan fingerprint density at radius 1 is 1.44 bits per heavy atom. The largest absolute Gasteiger partial charge is 0.463 e. The Balaban J connectivity index is 2.42. The molecule has 90 valence electrons. The van der Waals surface area contributed by atoms with Crippen molar-refractivity contribution < 1.29 is 4.42 Å². The van der Waals surface area contributed by atoms with Crippen molar-refractivity contribution in [2.24, 2.45) is 0 Å². The van der Waals surface area contributed by atoms with Gasteiger partial charge in [-0.1, -0.05) is 19.1 Å². The Morgan fingerprint density at radius 2 is 2.12 bits per heavy atom. The molecular formula is C13H22N2O. The normalized spacial score (nSPS) is 11.0. The topological polar surface area (TPSA) is 28.4 Å². The molecule has 3 heteroatoms. The molecule has 1 aromatic rings. The van der Waals surface area contributed by atoms with Gasteiger partial charge in [0.05, 0.1) is 13.1 Å². The van der Waals surface area contributed by atoms with E-state index in [2.05, 4.69) is 30.8 Å². The minimum atomic E-state index is 0.806. The molecule has 0 unspecified atom stereocenters. The van der Waals surface area contributed by atoms with Gasteiger partial charge in [0.15, 0.2) is 0 Å². The number of furan rings is 1. The summed E-state index contributed by atoms with van der Waals surface area (Å²) >= 11 is 0. The number of hydrogen-bond donors (Lipinski definition) is 1. The molecule has 0 aliphatic rings. The van der Waals surface area contributed by atoms with Crippen molar-refractivity contribution in [3.8, 4) is 0 Å². The zero-order chi connectivity index (χ0) is 12.0. The van der Waals surface area contributed by atoms with Crippen molar-refractivity contribution in [3.63, 3.8) is 0 Å². The van der Waals surface area contributed by atoms with Crippen LogP contribution in [-0.2, 0) is 13.1 Å². The summed E-state index contributed by atoms with van der Waals surface area (Å²) in [6.45, 7) is 11.5. The predicted octanol–water partition coefficient (Wildman–Crippen LogP) is 2.40. The molecular weight excluding hydrogens is 200 g/mol. The van der Waals surface area contributed by atoms with Crippen LogP contribution in [-0.4, -0.2) is 25.0 Å². The van der Waals surface area contributed by atoms with E-state index in [0.717, 1.165) is 37.7 Å². The minimum Gasteiger partial charge on any atom is -0.463 e. The van der Waals surface area contributed by atoms with Gasteiger partial charge >= 0.3 is 0 Å². The zero-order valence-corrected chi connectivity index (χ0v) is 10.5. The maximum Gasteiger partial charge on any atom is 0.118 e. The van der Waals surface area contributed by atoms with Gasteiger partial charge in [0.25, 0.3) is 0 Å². The molecule has 0 saturated heterocycles. The van der Waals surface area contributed by atoms with Gasteiger partial charge in [-0.25, -0.2) is 0 Å². The van der Waals surface area contributed by atoms with Gasteiger partial charge in [-0.05, 0) is 32.6 Å². The van der Waals surface area contributed by atoms with Crippen LogP contribution < -0.4 is 5.32 Å². The number of nitrogens with one attached hydrogen (secondary N) is 1. The van der Waals surface area contributed by atoms with E-state index in [1.165, 1.54) is 5.57 Å². The Morgan fingerprint density at radius 3 is 2.75 bits per heavy atom. The summed E-state index contributed by atoms with van der Waals surface area (Å²) in [5.74, 6) is 2.01. The predicted molar refractivity (Wildman–Crippen MR) is 67.2 cm³/mol. The molecule has 1 rings (SSSR count). The zero-order valence-electron chi connectivity index (χ0n) is 10.5.